The Balaban J connectivity index is 1.45. The molecule has 3 heterocycles. The Morgan fingerprint density at radius 2 is 1.86 bits per heavy atom. The fourth-order valence-electron chi connectivity index (χ4n) is 3.71. The molecule has 151 valence electrons. The fraction of sp³-hybridized carbons (Fsp3) is 0.350. The summed E-state index contributed by atoms with van der Waals surface area (Å²) in [5.41, 5.74) is 1.66. The Bertz CT molecular complexity index is 927. The number of amides is 2. The van der Waals surface area contributed by atoms with Gasteiger partial charge in [0.2, 0.25) is 11.8 Å². The molecular weight excluding hydrogens is 392 g/mol. The van der Waals surface area contributed by atoms with Crippen LogP contribution >= 0.6 is 11.6 Å². The molecule has 1 aromatic heterocycles. The second-order valence-corrected chi connectivity index (χ2v) is 7.65. The van der Waals surface area contributed by atoms with E-state index in [1.54, 1.807) is 12.1 Å². The molecule has 0 saturated carbocycles. The van der Waals surface area contributed by atoms with Crippen LogP contribution in [0.1, 0.15) is 11.5 Å². The van der Waals surface area contributed by atoms with Crippen LogP contribution in [0.3, 0.4) is 0 Å². The predicted octanol–water partition coefficient (Wildman–Crippen LogP) is 1.78. The maximum atomic E-state index is 12.9. The minimum absolute atomic E-state index is 0.000991. The molecule has 2 aliphatic rings. The van der Waals surface area contributed by atoms with E-state index in [4.69, 9.17) is 11.6 Å². The van der Waals surface area contributed by atoms with Crippen molar-refractivity contribution < 1.29 is 9.59 Å². The van der Waals surface area contributed by atoms with Crippen LogP contribution in [-0.2, 0) is 9.59 Å². The number of nitrogens with zero attached hydrogens (tertiary/aromatic N) is 5. The number of hydrogen-bond acceptors (Lipinski definition) is 6. The number of nitrogens with one attached hydrogen (secondary N) is 1. The van der Waals surface area contributed by atoms with Crippen LogP contribution < -0.4 is 15.1 Å². The quantitative estimate of drug-likeness (QED) is 0.826. The first-order valence-corrected chi connectivity index (χ1v) is 9.80. The van der Waals surface area contributed by atoms with Gasteiger partial charge in [0.05, 0.1) is 12.5 Å². The van der Waals surface area contributed by atoms with E-state index in [9.17, 15) is 9.59 Å². The topological polar surface area (TPSA) is 81.7 Å². The molecule has 1 N–H and O–H groups in total. The Kier molecular flexibility index (Phi) is 5.27. The molecule has 9 heteroatoms. The van der Waals surface area contributed by atoms with Gasteiger partial charge in [0.15, 0.2) is 11.6 Å². The molecule has 29 heavy (non-hydrogen) atoms. The summed E-state index contributed by atoms with van der Waals surface area (Å²) in [6, 6.07) is 7.22. The maximum Gasteiger partial charge on any atom is 0.245 e. The molecule has 0 aliphatic carbocycles. The van der Waals surface area contributed by atoms with Crippen LogP contribution in [0.5, 0.6) is 0 Å². The van der Waals surface area contributed by atoms with Crippen LogP contribution in [0.2, 0.25) is 5.02 Å². The number of likely N-dealkylation sites (N-methyl/N-ethyl adjacent to an activating group) is 1. The summed E-state index contributed by atoms with van der Waals surface area (Å²) in [6.45, 7) is 6.75. The maximum absolute atomic E-state index is 12.9. The SMILES string of the molecule is [CH2][C@H](C(=O)N1CCN(c2ncnc3c2N(C)CC(=O)N3)CC1)c1ccc(Cl)cc1. The molecule has 1 atom stereocenters. The molecule has 0 unspecified atom stereocenters. The van der Waals surface area contributed by atoms with Crippen LogP contribution in [0.4, 0.5) is 17.3 Å². The van der Waals surface area contributed by atoms with E-state index in [-0.39, 0.29) is 18.4 Å². The highest BCUT2D eigenvalue weighted by Gasteiger charge is 2.30. The summed E-state index contributed by atoms with van der Waals surface area (Å²) in [5, 5.41) is 3.43. The summed E-state index contributed by atoms with van der Waals surface area (Å²) in [4.78, 5) is 39.1. The van der Waals surface area contributed by atoms with Crippen molar-refractivity contribution in [1.82, 2.24) is 14.9 Å². The van der Waals surface area contributed by atoms with Gasteiger partial charge < -0.3 is 20.0 Å². The van der Waals surface area contributed by atoms with Gasteiger partial charge in [-0.15, -0.1) is 0 Å². The zero-order valence-corrected chi connectivity index (χ0v) is 16.9. The summed E-state index contributed by atoms with van der Waals surface area (Å²) < 4.78 is 0. The van der Waals surface area contributed by atoms with Gasteiger partial charge in [0.25, 0.3) is 0 Å². The molecule has 2 amide bonds. The average molecular weight is 414 g/mol. The molecule has 4 rings (SSSR count). The largest absolute Gasteiger partial charge is 0.359 e. The van der Waals surface area contributed by atoms with Gasteiger partial charge in [-0.1, -0.05) is 23.7 Å². The third kappa shape index (κ3) is 3.85. The van der Waals surface area contributed by atoms with Gasteiger partial charge in [-0.2, -0.15) is 0 Å². The fourth-order valence-corrected chi connectivity index (χ4v) is 3.83. The molecule has 1 fully saturated rings. The zero-order valence-electron chi connectivity index (χ0n) is 16.1. The van der Waals surface area contributed by atoms with E-state index in [0.29, 0.717) is 37.0 Å². The van der Waals surface area contributed by atoms with Crippen molar-refractivity contribution in [3.63, 3.8) is 0 Å². The number of carbonyl (C=O) groups excluding carboxylic acids is 2. The molecule has 0 spiro atoms. The number of benzene rings is 1. The molecule has 1 radical (unpaired) electrons. The minimum Gasteiger partial charge on any atom is -0.359 e. The Morgan fingerprint density at radius 3 is 2.55 bits per heavy atom. The number of hydrogen-bond donors (Lipinski definition) is 1. The number of fused-ring (bicyclic) bond motifs is 1. The first-order valence-electron chi connectivity index (χ1n) is 9.42. The van der Waals surface area contributed by atoms with Crippen molar-refractivity contribution in [3.8, 4) is 0 Å². The Hall–Kier alpha value is -2.87. The van der Waals surface area contributed by atoms with E-state index in [0.717, 1.165) is 17.1 Å². The van der Waals surface area contributed by atoms with E-state index in [1.165, 1.54) is 6.33 Å². The van der Waals surface area contributed by atoms with E-state index >= 15 is 0 Å². The second-order valence-electron chi connectivity index (χ2n) is 7.22. The van der Waals surface area contributed by atoms with Gasteiger partial charge in [-0.05, 0) is 24.6 Å². The molecule has 2 aliphatic heterocycles. The first-order chi connectivity index (χ1) is 13.9. The normalized spacial score (nSPS) is 17.6. The van der Waals surface area contributed by atoms with Crippen molar-refractivity contribution in [2.45, 2.75) is 5.92 Å². The number of anilines is 3. The van der Waals surface area contributed by atoms with Crippen molar-refractivity contribution in [1.29, 1.82) is 0 Å². The minimum atomic E-state index is -0.466. The highest BCUT2D eigenvalue weighted by molar-refractivity contribution is 6.30. The lowest BCUT2D eigenvalue weighted by Gasteiger charge is -2.38. The summed E-state index contributed by atoms with van der Waals surface area (Å²) in [6.07, 6.45) is 1.46. The van der Waals surface area contributed by atoms with Gasteiger partial charge >= 0.3 is 0 Å². The highest BCUT2D eigenvalue weighted by Crippen LogP contribution is 2.35. The molecular formula is C20H22ClN6O2. The summed E-state index contributed by atoms with van der Waals surface area (Å²) in [5.74, 6) is 0.734. The van der Waals surface area contributed by atoms with E-state index in [1.807, 2.05) is 29.0 Å². The highest BCUT2D eigenvalue weighted by atomic mass is 35.5. The number of rotatable bonds is 3. The number of aromatic nitrogens is 2. The molecule has 1 saturated heterocycles. The van der Waals surface area contributed by atoms with Crippen molar-refractivity contribution in [2.24, 2.45) is 0 Å². The second kappa shape index (κ2) is 7.87. The standard InChI is InChI=1S/C20H22ClN6O2/c1-13(14-3-5-15(21)6-4-14)20(29)27-9-7-26(8-10-27)19-17-18(22-12-23-19)24-16(28)11-25(17)2/h3-6,12-13H,1,7-11H2,2H3,(H,22,23,24,28)/t13-/m0/s1. The van der Waals surface area contributed by atoms with Gasteiger partial charge in [0.1, 0.15) is 12.0 Å². The molecule has 2 aromatic rings. The van der Waals surface area contributed by atoms with Gasteiger partial charge in [-0.3, -0.25) is 9.59 Å². The number of piperazine rings is 1. The number of carbonyl (C=O) groups is 2. The van der Waals surface area contributed by atoms with Crippen LogP contribution in [0, 0.1) is 6.92 Å². The Morgan fingerprint density at radius 1 is 1.17 bits per heavy atom. The zero-order chi connectivity index (χ0) is 20.5. The first kappa shape index (κ1) is 19.4. The lowest BCUT2D eigenvalue weighted by Crippen LogP contribution is -2.50. The smallest absolute Gasteiger partial charge is 0.245 e. The van der Waals surface area contributed by atoms with E-state index < -0.39 is 5.92 Å². The van der Waals surface area contributed by atoms with Crippen molar-refractivity contribution in [3.05, 3.63) is 48.1 Å². The molecule has 0 bridgehead atoms. The summed E-state index contributed by atoms with van der Waals surface area (Å²) in [7, 11) is 1.85. The van der Waals surface area contributed by atoms with Crippen LogP contribution in [0.15, 0.2) is 30.6 Å². The van der Waals surface area contributed by atoms with Crippen LogP contribution in [-0.4, -0.2) is 66.5 Å². The van der Waals surface area contributed by atoms with Crippen molar-refractivity contribution in [2.75, 3.05) is 54.9 Å². The lowest BCUT2D eigenvalue weighted by molar-refractivity contribution is -0.132. The third-order valence-electron chi connectivity index (χ3n) is 5.28. The van der Waals surface area contributed by atoms with E-state index in [2.05, 4.69) is 27.1 Å². The average Bonchev–Trinajstić information content (AvgIpc) is 2.72. The lowest BCUT2D eigenvalue weighted by atomic mass is 9.99. The predicted molar refractivity (Wildman–Crippen MR) is 112 cm³/mol. The van der Waals surface area contributed by atoms with Gasteiger partial charge in [0, 0.05) is 38.2 Å². The number of halogens is 1. The third-order valence-corrected chi connectivity index (χ3v) is 5.54. The van der Waals surface area contributed by atoms with Gasteiger partial charge in [-0.25, -0.2) is 9.97 Å². The Labute approximate surface area is 174 Å². The molecule has 1 aromatic carbocycles. The monoisotopic (exact) mass is 413 g/mol. The van der Waals surface area contributed by atoms with Crippen LogP contribution in [0.25, 0.3) is 0 Å². The summed E-state index contributed by atoms with van der Waals surface area (Å²) >= 11 is 5.93. The van der Waals surface area contributed by atoms with Crippen molar-refractivity contribution >= 4 is 40.7 Å². The molecule has 8 nitrogen and oxygen atoms in total.